The van der Waals surface area contributed by atoms with E-state index in [-0.39, 0.29) is 3.42 Å². The molecule has 0 aliphatic carbocycles. The first-order chi connectivity index (χ1) is 7.57. The second-order valence-electron chi connectivity index (χ2n) is 4.42. The van der Waals surface area contributed by atoms with Crippen molar-refractivity contribution in [2.75, 3.05) is 0 Å². The van der Waals surface area contributed by atoms with Crippen molar-refractivity contribution >= 4 is 22.6 Å². The van der Waals surface area contributed by atoms with Gasteiger partial charge in [-0.1, -0.05) is 77.2 Å². The molecule has 0 spiro atoms. The van der Waals surface area contributed by atoms with Crippen molar-refractivity contribution in [1.29, 1.82) is 0 Å². The third kappa shape index (κ3) is 2.64. The lowest BCUT2D eigenvalue weighted by Gasteiger charge is -2.17. The van der Waals surface area contributed by atoms with Crippen molar-refractivity contribution < 1.29 is 0 Å². The SMILES string of the molecule is CC(C)(I)c1ccc(-c2ccccc2)cc1. The molecule has 0 atom stereocenters. The van der Waals surface area contributed by atoms with Crippen LogP contribution in [0.5, 0.6) is 0 Å². The van der Waals surface area contributed by atoms with Gasteiger partial charge in [0.1, 0.15) is 0 Å². The van der Waals surface area contributed by atoms with Gasteiger partial charge in [-0.15, -0.1) is 0 Å². The van der Waals surface area contributed by atoms with Crippen LogP contribution in [0.1, 0.15) is 19.4 Å². The highest BCUT2D eigenvalue weighted by Crippen LogP contribution is 2.31. The van der Waals surface area contributed by atoms with Crippen LogP contribution in [-0.4, -0.2) is 0 Å². The number of hydrogen-bond donors (Lipinski definition) is 0. The van der Waals surface area contributed by atoms with Crippen molar-refractivity contribution in [3.8, 4) is 11.1 Å². The van der Waals surface area contributed by atoms with Gasteiger partial charge >= 0.3 is 0 Å². The Morgan fingerprint density at radius 2 is 1.25 bits per heavy atom. The van der Waals surface area contributed by atoms with E-state index in [0.717, 1.165) is 0 Å². The molecule has 0 nitrogen and oxygen atoms in total. The molecular formula is C15H15I. The highest BCUT2D eigenvalue weighted by Gasteiger charge is 2.14. The van der Waals surface area contributed by atoms with E-state index in [1.807, 2.05) is 6.07 Å². The van der Waals surface area contributed by atoms with Crippen LogP contribution in [-0.2, 0) is 3.42 Å². The standard InChI is InChI=1S/C15H15I/c1-15(2,16)14-10-8-13(9-11-14)12-6-4-3-5-7-12/h3-11H,1-2H3. The van der Waals surface area contributed by atoms with Gasteiger partial charge in [0.25, 0.3) is 0 Å². The third-order valence-corrected chi connectivity index (χ3v) is 3.30. The predicted octanol–water partition coefficient (Wildman–Crippen LogP) is 5.02. The lowest BCUT2D eigenvalue weighted by molar-refractivity contribution is 0.827. The molecule has 0 unspecified atom stereocenters. The van der Waals surface area contributed by atoms with Crippen molar-refractivity contribution in [1.82, 2.24) is 0 Å². The number of hydrogen-bond acceptors (Lipinski definition) is 0. The Labute approximate surface area is 111 Å². The van der Waals surface area contributed by atoms with Gasteiger partial charge in [-0.25, -0.2) is 0 Å². The number of halogens is 1. The van der Waals surface area contributed by atoms with Crippen LogP contribution in [0.3, 0.4) is 0 Å². The lowest BCUT2D eigenvalue weighted by Crippen LogP contribution is -2.05. The van der Waals surface area contributed by atoms with Crippen LogP contribution in [0.4, 0.5) is 0 Å². The topological polar surface area (TPSA) is 0 Å². The highest BCUT2D eigenvalue weighted by atomic mass is 127. The molecule has 0 aliphatic rings. The number of rotatable bonds is 2. The van der Waals surface area contributed by atoms with Gasteiger partial charge < -0.3 is 0 Å². The van der Waals surface area contributed by atoms with E-state index < -0.39 is 0 Å². The summed E-state index contributed by atoms with van der Waals surface area (Å²) in [5, 5.41) is 0. The molecule has 0 radical (unpaired) electrons. The molecule has 0 aromatic heterocycles. The highest BCUT2D eigenvalue weighted by molar-refractivity contribution is 14.1. The Bertz CT molecular complexity index is 449. The maximum atomic E-state index is 2.47. The Hall–Kier alpha value is -0.830. The van der Waals surface area contributed by atoms with Gasteiger partial charge in [-0.05, 0) is 30.5 Å². The van der Waals surface area contributed by atoms with E-state index in [9.17, 15) is 0 Å². The lowest BCUT2D eigenvalue weighted by atomic mass is 9.99. The van der Waals surface area contributed by atoms with Gasteiger partial charge in [-0.3, -0.25) is 0 Å². The fraction of sp³-hybridized carbons (Fsp3) is 0.200. The molecule has 0 N–H and O–H groups in total. The summed E-state index contributed by atoms with van der Waals surface area (Å²) in [6.45, 7) is 4.45. The van der Waals surface area contributed by atoms with E-state index in [1.54, 1.807) is 0 Å². The van der Waals surface area contributed by atoms with Gasteiger partial charge in [0.2, 0.25) is 0 Å². The average Bonchev–Trinajstić information content (AvgIpc) is 2.29. The van der Waals surface area contributed by atoms with Crippen LogP contribution in [0, 0.1) is 0 Å². The minimum atomic E-state index is 0.201. The Morgan fingerprint density at radius 3 is 1.75 bits per heavy atom. The fourth-order valence-electron chi connectivity index (χ4n) is 1.69. The van der Waals surface area contributed by atoms with Crippen LogP contribution >= 0.6 is 22.6 Å². The second-order valence-corrected chi connectivity index (χ2v) is 7.11. The Balaban J connectivity index is 2.34. The van der Waals surface area contributed by atoms with Crippen molar-refractivity contribution in [2.24, 2.45) is 0 Å². The Kier molecular flexibility index (Phi) is 3.33. The maximum Gasteiger partial charge on any atom is 0.0414 e. The summed E-state index contributed by atoms with van der Waals surface area (Å²) in [6, 6.07) is 19.3. The molecule has 0 aliphatic heterocycles. The average molecular weight is 322 g/mol. The largest absolute Gasteiger partial charge is 0.0743 e. The summed E-state index contributed by atoms with van der Waals surface area (Å²) in [4.78, 5) is 0. The zero-order valence-corrected chi connectivity index (χ0v) is 11.7. The van der Waals surface area contributed by atoms with Gasteiger partial charge in [0.15, 0.2) is 0 Å². The summed E-state index contributed by atoms with van der Waals surface area (Å²) >= 11 is 2.47. The molecule has 0 saturated carbocycles. The van der Waals surface area contributed by atoms with Gasteiger partial charge in [0, 0.05) is 3.42 Å². The molecule has 1 heteroatoms. The molecule has 82 valence electrons. The zero-order valence-electron chi connectivity index (χ0n) is 9.57. The molecule has 2 aromatic carbocycles. The molecule has 2 rings (SSSR count). The minimum absolute atomic E-state index is 0.201. The van der Waals surface area contributed by atoms with Gasteiger partial charge in [0.05, 0.1) is 0 Å². The predicted molar refractivity (Wildman–Crippen MR) is 78.9 cm³/mol. The normalized spacial score (nSPS) is 11.4. The van der Waals surface area contributed by atoms with E-state index in [0.29, 0.717) is 0 Å². The van der Waals surface area contributed by atoms with E-state index in [2.05, 4.69) is 85.0 Å². The van der Waals surface area contributed by atoms with Crippen molar-refractivity contribution in [2.45, 2.75) is 17.3 Å². The summed E-state index contributed by atoms with van der Waals surface area (Å²) < 4.78 is 0.201. The number of benzene rings is 2. The number of alkyl halides is 1. The summed E-state index contributed by atoms with van der Waals surface area (Å²) in [5.74, 6) is 0. The molecule has 0 amide bonds. The van der Waals surface area contributed by atoms with Crippen molar-refractivity contribution in [3.63, 3.8) is 0 Å². The van der Waals surface area contributed by atoms with E-state index in [4.69, 9.17) is 0 Å². The quantitative estimate of drug-likeness (QED) is 0.538. The first kappa shape index (κ1) is 11.6. The summed E-state index contributed by atoms with van der Waals surface area (Å²) in [7, 11) is 0. The first-order valence-corrected chi connectivity index (χ1v) is 6.50. The van der Waals surface area contributed by atoms with Crippen LogP contribution < -0.4 is 0 Å². The molecule has 0 heterocycles. The zero-order chi connectivity index (χ0) is 11.6. The Morgan fingerprint density at radius 1 is 0.750 bits per heavy atom. The van der Waals surface area contributed by atoms with E-state index >= 15 is 0 Å². The molecule has 2 aromatic rings. The minimum Gasteiger partial charge on any atom is -0.0743 e. The van der Waals surface area contributed by atoms with E-state index in [1.165, 1.54) is 16.7 Å². The maximum absolute atomic E-state index is 2.47. The second kappa shape index (κ2) is 4.58. The van der Waals surface area contributed by atoms with Gasteiger partial charge in [-0.2, -0.15) is 0 Å². The molecule has 0 fully saturated rings. The van der Waals surface area contributed by atoms with Crippen LogP contribution in [0.25, 0.3) is 11.1 Å². The van der Waals surface area contributed by atoms with Crippen LogP contribution in [0.2, 0.25) is 0 Å². The first-order valence-electron chi connectivity index (χ1n) is 5.42. The summed E-state index contributed by atoms with van der Waals surface area (Å²) in [5.41, 5.74) is 3.93. The molecule has 16 heavy (non-hydrogen) atoms. The monoisotopic (exact) mass is 322 g/mol. The molecule has 0 saturated heterocycles. The third-order valence-electron chi connectivity index (χ3n) is 2.68. The fourth-order valence-corrected chi connectivity index (χ4v) is 2.05. The van der Waals surface area contributed by atoms with Crippen molar-refractivity contribution in [3.05, 3.63) is 60.2 Å². The summed E-state index contributed by atoms with van der Waals surface area (Å²) in [6.07, 6.45) is 0. The molecule has 0 bridgehead atoms. The van der Waals surface area contributed by atoms with Crippen LogP contribution in [0.15, 0.2) is 54.6 Å². The molecular weight excluding hydrogens is 307 g/mol. The smallest absolute Gasteiger partial charge is 0.0414 e.